The number of carbonyl (C=O) groups excluding carboxylic acids is 2. The van der Waals surface area contributed by atoms with Gasteiger partial charge in [0.25, 0.3) is 11.8 Å². The van der Waals surface area contributed by atoms with Crippen molar-refractivity contribution in [2.24, 2.45) is 0 Å². The van der Waals surface area contributed by atoms with Gasteiger partial charge in [-0.1, -0.05) is 18.2 Å². The van der Waals surface area contributed by atoms with Gasteiger partial charge in [-0.05, 0) is 46.1 Å². The van der Waals surface area contributed by atoms with Crippen LogP contribution < -0.4 is 5.32 Å². The summed E-state index contributed by atoms with van der Waals surface area (Å²) in [5.74, 6) is -0.377. The van der Waals surface area contributed by atoms with Crippen LogP contribution in [0.1, 0.15) is 18.4 Å². The average molecular weight is 508 g/mol. The number of H-pyrrole nitrogens is 1. The molecule has 0 atom stereocenters. The van der Waals surface area contributed by atoms with Crippen LogP contribution in [-0.4, -0.2) is 134 Å². The van der Waals surface area contributed by atoms with E-state index in [0.29, 0.717) is 24.4 Å². The molecule has 9 nitrogen and oxygen atoms in total. The summed E-state index contributed by atoms with van der Waals surface area (Å²) in [7, 11) is 4.31. The number of nitrogens with one attached hydrogen (secondary N) is 2. The van der Waals surface area contributed by atoms with E-state index in [1.165, 1.54) is 4.90 Å². The first-order valence-electron chi connectivity index (χ1n) is 13.7. The van der Waals surface area contributed by atoms with Gasteiger partial charge in [-0.25, -0.2) is 0 Å². The highest BCUT2D eigenvalue weighted by atomic mass is 16.2. The molecule has 2 fully saturated rings. The normalized spacial score (nSPS) is 21.1. The molecule has 3 aliphatic rings. The molecule has 2 saturated heterocycles. The molecular weight excluding hydrogens is 466 g/mol. The van der Waals surface area contributed by atoms with Crippen LogP contribution in [-0.2, 0) is 9.59 Å². The summed E-state index contributed by atoms with van der Waals surface area (Å²) in [6.45, 7) is 11.6. The predicted molar refractivity (Wildman–Crippen MR) is 147 cm³/mol. The number of aromatic amines is 1. The molecule has 2 amide bonds. The molecule has 2 aromatic rings. The van der Waals surface area contributed by atoms with Gasteiger partial charge < -0.3 is 29.9 Å². The fourth-order valence-corrected chi connectivity index (χ4v) is 5.58. The highest BCUT2D eigenvalue weighted by Gasteiger charge is 2.39. The van der Waals surface area contributed by atoms with Gasteiger partial charge in [0, 0.05) is 88.1 Å². The molecule has 1 aromatic heterocycles. The van der Waals surface area contributed by atoms with Crippen LogP contribution >= 0.6 is 0 Å². The molecule has 200 valence electrons. The van der Waals surface area contributed by atoms with Crippen molar-refractivity contribution >= 4 is 28.3 Å². The maximum absolute atomic E-state index is 13.7. The van der Waals surface area contributed by atoms with Crippen LogP contribution in [0.2, 0.25) is 0 Å². The van der Waals surface area contributed by atoms with E-state index in [-0.39, 0.29) is 11.8 Å². The second-order valence-electron chi connectivity index (χ2n) is 10.7. The summed E-state index contributed by atoms with van der Waals surface area (Å²) in [6, 6.07) is 7.95. The molecule has 37 heavy (non-hydrogen) atoms. The Bertz CT molecular complexity index is 1130. The van der Waals surface area contributed by atoms with Crippen molar-refractivity contribution in [3.05, 3.63) is 41.7 Å². The number of nitrogens with zero attached hydrogens (tertiary/aromatic N) is 5. The highest BCUT2D eigenvalue weighted by molar-refractivity contribution is 6.37. The van der Waals surface area contributed by atoms with Gasteiger partial charge >= 0.3 is 0 Å². The van der Waals surface area contributed by atoms with Crippen LogP contribution in [0.25, 0.3) is 16.5 Å². The van der Waals surface area contributed by atoms with E-state index >= 15 is 0 Å². The second kappa shape index (κ2) is 11.8. The SMILES string of the molecule is CN1CCN(CCCNC2=C(c3c[nH]c4ccccc34)C(=O)N(CCCN3CCN(C)CC3)C2=O)CC1. The van der Waals surface area contributed by atoms with E-state index in [2.05, 4.69) is 44.0 Å². The average Bonchev–Trinajstić information content (AvgIpc) is 3.42. The van der Waals surface area contributed by atoms with E-state index in [4.69, 9.17) is 0 Å². The molecule has 1 aromatic carbocycles. The number of amides is 2. The molecule has 0 radical (unpaired) electrons. The molecule has 3 aliphatic heterocycles. The van der Waals surface area contributed by atoms with E-state index in [1.54, 1.807) is 0 Å². The molecule has 0 saturated carbocycles. The Labute approximate surface area is 220 Å². The number of aromatic nitrogens is 1. The van der Waals surface area contributed by atoms with Gasteiger partial charge in [0.2, 0.25) is 0 Å². The first-order chi connectivity index (χ1) is 18.0. The number of hydrogen-bond donors (Lipinski definition) is 2. The van der Waals surface area contributed by atoms with Gasteiger partial charge in [-0.2, -0.15) is 0 Å². The Morgan fingerprint density at radius 2 is 1.41 bits per heavy atom. The van der Waals surface area contributed by atoms with Crippen molar-refractivity contribution in [2.45, 2.75) is 12.8 Å². The van der Waals surface area contributed by atoms with Crippen LogP contribution in [0.15, 0.2) is 36.2 Å². The summed E-state index contributed by atoms with van der Waals surface area (Å²) in [6.07, 6.45) is 3.59. The molecule has 9 heteroatoms. The number of piperazine rings is 2. The summed E-state index contributed by atoms with van der Waals surface area (Å²) in [5, 5.41) is 4.36. The van der Waals surface area contributed by atoms with Gasteiger partial charge in [-0.3, -0.25) is 14.5 Å². The summed E-state index contributed by atoms with van der Waals surface area (Å²) in [4.78, 5) is 41.5. The zero-order chi connectivity index (χ0) is 25.8. The molecule has 4 heterocycles. The Kier molecular flexibility index (Phi) is 8.24. The number of rotatable bonds is 10. The standard InChI is InChI=1S/C28H41N7O2/c1-31-13-17-33(18-14-31)10-5-9-29-26-25(23-21-30-24-8-4-3-7-22(23)24)27(36)35(28(26)37)12-6-11-34-19-15-32(2)16-20-34/h3-4,7-8,21,29-30H,5-6,9-20H2,1-2H3. The topological polar surface area (TPSA) is 78.2 Å². The van der Waals surface area contributed by atoms with Crippen molar-refractivity contribution < 1.29 is 9.59 Å². The monoisotopic (exact) mass is 507 g/mol. The molecule has 0 spiro atoms. The van der Waals surface area contributed by atoms with Crippen LogP contribution in [0.4, 0.5) is 0 Å². The lowest BCUT2D eigenvalue weighted by Crippen LogP contribution is -2.45. The van der Waals surface area contributed by atoms with Gasteiger partial charge in [0.05, 0.1) is 5.57 Å². The second-order valence-corrected chi connectivity index (χ2v) is 10.7. The smallest absolute Gasteiger partial charge is 0.277 e. The third-order valence-corrected chi connectivity index (χ3v) is 8.03. The van der Waals surface area contributed by atoms with Crippen molar-refractivity contribution in [1.29, 1.82) is 0 Å². The minimum absolute atomic E-state index is 0.185. The van der Waals surface area contributed by atoms with Crippen LogP contribution in [0.3, 0.4) is 0 Å². The maximum Gasteiger partial charge on any atom is 0.277 e. The summed E-state index contributed by atoms with van der Waals surface area (Å²) < 4.78 is 0. The zero-order valence-corrected chi connectivity index (χ0v) is 22.3. The van der Waals surface area contributed by atoms with Crippen LogP contribution in [0.5, 0.6) is 0 Å². The molecule has 0 unspecified atom stereocenters. The third kappa shape index (κ3) is 5.90. The largest absolute Gasteiger partial charge is 0.380 e. The Morgan fingerprint density at radius 1 is 0.784 bits per heavy atom. The summed E-state index contributed by atoms with van der Waals surface area (Å²) in [5.41, 5.74) is 2.72. The maximum atomic E-state index is 13.7. The number of para-hydroxylation sites is 1. The minimum Gasteiger partial charge on any atom is -0.380 e. The Morgan fingerprint density at radius 3 is 2.08 bits per heavy atom. The number of hydrogen-bond acceptors (Lipinski definition) is 7. The fraction of sp³-hybridized carbons (Fsp3) is 0.571. The van der Waals surface area contributed by atoms with E-state index in [9.17, 15) is 9.59 Å². The number of carbonyl (C=O) groups is 2. The molecular formula is C28H41N7O2. The fourth-order valence-electron chi connectivity index (χ4n) is 5.58. The quantitative estimate of drug-likeness (QED) is 0.369. The van der Waals surface area contributed by atoms with Gasteiger partial charge in [-0.15, -0.1) is 0 Å². The van der Waals surface area contributed by atoms with Crippen LogP contribution in [0, 0.1) is 0 Å². The molecule has 0 bridgehead atoms. The molecule has 0 aliphatic carbocycles. The number of likely N-dealkylation sites (N-methyl/N-ethyl adjacent to an activating group) is 2. The number of imide groups is 1. The van der Waals surface area contributed by atoms with E-state index in [0.717, 1.165) is 94.8 Å². The van der Waals surface area contributed by atoms with E-state index < -0.39 is 0 Å². The minimum atomic E-state index is -0.191. The zero-order valence-electron chi connectivity index (χ0n) is 22.3. The molecule has 2 N–H and O–H groups in total. The predicted octanol–water partition coefficient (Wildman–Crippen LogP) is 1.11. The Balaban J connectivity index is 1.26. The van der Waals surface area contributed by atoms with E-state index in [1.807, 2.05) is 30.5 Å². The molecule has 5 rings (SSSR count). The number of fused-ring (bicyclic) bond motifs is 1. The van der Waals surface area contributed by atoms with Gasteiger partial charge in [0.1, 0.15) is 5.70 Å². The van der Waals surface area contributed by atoms with Crippen molar-refractivity contribution in [3.8, 4) is 0 Å². The highest BCUT2D eigenvalue weighted by Crippen LogP contribution is 2.33. The Hall–Kier alpha value is -2.72. The first kappa shape index (κ1) is 25.9. The summed E-state index contributed by atoms with van der Waals surface area (Å²) >= 11 is 0. The van der Waals surface area contributed by atoms with Gasteiger partial charge in [0.15, 0.2) is 0 Å². The lowest BCUT2D eigenvalue weighted by Gasteiger charge is -2.32. The van der Waals surface area contributed by atoms with Crippen molar-refractivity contribution in [1.82, 2.24) is 34.8 Å². The van der Waals surface area contributed by atoms with Crippen molar-refractivity contribution in [3.63, 3.8) is 0 Å². The van der Waals surface area contributed by atoms with Crippen molar-refractivity contribution in [2.75, 3.05) is 92.6 Å². The third-order valence-electron chi connectivity index (χ3n) is 8.03. The lowest BCUT2D eigenvalue weighted by atomic mass is 10.0. The number of benzene rings is 1. The lowest BCUT2D eigenvalue weighted by molar-refractivity contribution is -0.137. The first-order valence-corrected chi connectivity index (χ1v) is 13.7.